The van der Waals surface area contributed by atoms with Crippen LogP contribution in [0.15, 0.2) is 0 Å². The third-order valence-electron chi connectivity index (χ3n) is 2.10. The molecule has 0 unspecified atom stereocenters. The van der Waals surface area contributed by atoms with Crippen molar-refractivity contribution >= 4 is 5.78 Å². The Balaban J connectivity index is 4.36. The van der Waals surface area contributed by atoms with Crippen molar-refractivity contribution in [2.75, 3.05) is 0 Å². The van der Waals surface area contributed by atoms with E-state index in [9.17, 15) is 4.79 Å². The van der Waals surface area contributed by atoms with Crippen LogP contribution < -0.4 is 5.32 Å². The highest BCUT2D eigenvalue weighted by Gasteiger charge is 2.24. The van der Waals surface area contributed by atoms with Gasteiger partial charge in [0.1, 0.15) is 0 Å². The van der Waals surface area contributed by atoms with Crippen molar-refractivity contribution in [1.29, 1.82) is 0 Å². The molecule has 0 aromatic rings. The molecule has 0 saturated carbocycles. The molecule has 0 fully saturated rings. The maximum atomic E-state index is 11.8. The van der Waals surface area contributed by atoms with Gasteiger partial charge in [-0.25, -0.2) is 0 Å². The van der Waals surface area contributed by atoms with E-state index in [4.69, 9.17) is 0 Å². The quantitative estimate of drug-likeness (QED) is 0.737. The van der Waals surface area contributed by atoms with Gasteiger partial charge in [-0.05, 0) is 27.2 Å². The van der Waals surface area contributed by atoms with Crippen molar-refractivity contribution in [3.8, 4) is 0 Å². The number of carbonyl (C=O) groups excluding carboxylic acids is 1. The topological polar surface area (TPSA) is 29.1 Å². The molecule has 0 rings (SSSR count). The largest absolute Gasteiger partial charge is 0.303 e. The van der Waals surface area contributed by atoms with E-state index in [0.717, 1.165) is 12.8 Å². The van der Waals surface area contributed by atoms with Gasteiger partial charge in [0.25, 0.3) is 0 Å². The number of rotatable bonds is 5. The number of hydrogen-bond donors (Lipinski definition) is 1. The number of ketones is 1. The van der Waals surface area contributed by atoms with E-state index >= 15 is 0 Å². The molecule has 0 radical (unpaired) electrons. The van der Waals surface area contributed by atoms with Gasteiger partial charge in [0.15, 0.2) is 5.78 Å². The normalized spacial score (nSPS) is 14.5. The third-order valence-corrected chi connectivity index (χ3v) is 2.10. The van der Waals surface area contributed by atoms with Crippen LogP contribution in [0.3, 0.4) is 0 Å². The number of Topliss-reactive ketones (excluding diaryl/α,β-unsaturated/α-hetero) is 1. The van der Waals surface area contributed by atoms with E-state index < -0.39 is 0 Å². The Labute approximate surface area is 88.5 Å². The van der Waals surface area contributed by atoms with Crippen LogP contribution in [0.2, 0.25) is 0 Å². The van der Waals surface area contributed by atoms with Gasteiger partial charge in [-0.15, -0.1) is 0 Å². The molecule has 0 aliphatic rings. The molecule has 0 aromatic heterocycles. The summed E-state index contributed by atoms with van der Waals surface area (Å²) in [6.45, 7) is 12.4. The number of hydrogen-bond acceptors (Lipinski definition) is 2. The van der Waals surface area contributed by atoms with Crippen molar-refractivity contribution in [2.45, 2.75) is 66.0 Å². The molecule has 0 aliphatic carbocycles. The van der Waals surface area contributed by atoms with Gasteiger partial charge in [-0.2, -0.15) is 0 Å². The van der Waals surface area contributed by atoms with Gasteiger partial charge < -0.3 is 5.32 Å². The predicted octanol–water partition coefficient (Wildman–Crippen LogP) is 2.77. The second-order valence-corrected chi connectivity index (χ2v) is 5.29. The average Bonchev–Trinajstić information content (AvgIpc) is 1.99. The van der Waals surface area contributed by atoms with Crippen molar-refractivity contribution in [3.05, 3.63) is 0 Å². The monoisotopic (exact) mass is 199 g/mol. The summed E-state index contributed by atoms with van der Waals surface area (Å²) in [6, 6.07) is 0.0278. The lowest BCUT2D eigenvalue weighted by molar-refractivity contribution is -0.124. The number of nitrogens with one attached hydrogen (secondary N) is 1. The first-order valence-electron chi connectivity index (χ1n) is 5.59. The van der Waals surface area contributed by atoms with Gasteiger partial charge in [0, 0.05) is 11.5 Å². The first kappa shape index (κ1) is 13.6. The van der Waals surface area contributed by atoms with Gasteiger partial charge in [0.2, 0.25) is 0 Å². The lowest BCUT2D eigenvalue weighted by Crippen LogP contribution is -2.48. The van der Waals surface area contributed by atoms with Gasteiger partial charge in [-0.3, -0.25) is 4.79 Å². The Morgan fingerprint density at radius 2 is 1.79 bits per heavy atom. The average molecular weight is 199 g/mol. The molecule has 0 bridgehead atoms. The van der Waals surface area contributed by atoms with Gasteiger partial charge in [-0.1, -0.05) is 27.2 Å². The SMILES string of the molecule is CCC[C@H](NC(C)(C)C)C(=O)C(C)C. The van der Waals surface area contributed by atoms with Crippen LogP contribution in [0.5, 0.6) is 0 Å². The summed E-state index contributed by atoms with van der Waals surface area (Å²) in [7, 11) is 0. The minimum absolute atomic E-state index is 0.0182. The molecule has 0 aromatic carbocycles. The van der Waals surface area contributed by atoms with E-state index in [2.05, 4.69) is 33.0 Å². The predicted molar refractivity (Wildman–Crippen MR) is 61.4 cm³/mol. The third kappa shape index (κ3) is 5.38. The molecule has 0 aliphatic heterocycles. The first-order chi connectivity index (χ1) is 6.28. The fourth-order valence-electron chi connectivity index (χ4n) is 1.50. The van der Waals surface area contributed by atoms with E-state index in [0.29, 0.717) is 5.78 Å². The Hall–Kier alpha value is -0.370. The Bertz CT molecular complexity index is 179. The summed E-state index contributed by atoms with van der Waals surface area (Å²) in [5.74, 6) is 0.461. The fourth-order valence-corrected chi connectivity index (χ4v) is 1.50. The smallest absolute Gasteiger partial charge is 0.152 e. The van der Waals surface area contributed by atoms with E-state index in [1.807, 2.05) is 13.8 Å². The first-order valence-corrected chi connectivity index (χ1v) is 5.59. The second-order valence-electron chi connectivity index (χ2n) is 5.29. The maximum Gasteiger partial charge on any atom is 0.152 e. The molecule has 1 atom stereocenters. The summed E-state index contributed by atoms with van der Waals surface area (Å²) in [6.07, 6.45) is 1.99. The second kappa shape index (κ2) is 5.50. The van der Waals surface area contributed by atoms with Crippen LogP contribution in [0.1, 0.15) is 54.4 Å². The molecule has 14 heavy (non-hydrogen) atoms. The lowest BCUT2D eigenvalue weighted by atomic mass is 9.95. The van der Waals surface area contributed by atoms with Crippen molar-refractivity contribution in [1.82, 2.24) is 5.32 Å². The molecular weight excluding hydrogens is 174 g/mol. The molecule has 0 saturated heterocycles. The Kier molecular flexibility index (Phi) is 5.35. The summed E-state index contributed by atoms with van der Waals surface area (Å²) >= 11 is 0. The van der Waals surface area contributed by atoms with Crippen LogP contribution in [-0.4, -0.2) is 17.4 Å². The Morgan fingerprint density at radius 3 is 2.07 bits per heavy atom. The van der Waals surface area contributed by atoms with Crippen LogP contribution in [0.25, 0.3) is 0 Å². The molecule has 84 valence electrons. The minimum Gasteiger partial charge on any atom is -0.303 e. The highest BCUT2D eigenvalue weighted by atomic mass is 16.1. The van der Waals surface area contributed by atoms with E-state index in [1.54, 1.807) is 0 Å². The van der Waals surface area contributed by atoms with Crippen LogP contribution >= 0.6 is 0 Å². The van der Waals surface area contributed by atoms with E-state index in [1.165, 1.54) is 0 Å². The summed E-state index contributed by atoms with van der Waals surface area (Å²) in [4.78, 5) is 11.8. The highest BCUT2D eigenvalue weighted by Crippen LogP contribution is 2.10. The zero-order valence-electron chi connectivity index (χ0n) is 10.5. The van der Waals surface area contributed by atoms with Crippen molar-refractivity contribution in [2.24, 2.45) is 5.92 Å². The van der Waals surface area contributed by atoms with Gasteiger partial charge >= 0.3 is 0 Å². The maximum absolute atomic E-state index is 11.8. The van der Waals surface area contributed by atoms with Crippen LogP contribution in [-0.2, 0) is 4.79 Å². The van der Waals surface area contributed by atoms with Crippen molar-refractivity contribution < 1.29 is 4.79 Å². The van der Waals surface area contributed by atoms with E-state index in [-0.39, 0.29) is 17.5 Å². The molecule has 2 heteroatoms. The lowest BCUT2D eigenvalue weighted by Gasteiger charge is -2.28. The number of carbonyl (C=O) groups is 1. The summed E-state index contributed by atoms with van der Waals surface area (Å²) in [5.41, 5.74) is 0.0182. The fraction of sp³-hybridized carbons (Fsp3) is 0.917. The molecule has 1 N–H and O–H groups in total. The van der Waals surface area contributed by atoms with Crippen LogP contribution in [0.4, 0.5) is 0 Å². The highest BCUT2D eigenvalue weighted by molar-refractivity contribution is 5.85. The standard InChI is InChI=1S/C12H25NO/c1-7-8-10(11(14)9(2)3)13-12(4,5)6/h9-10,13H,7-8H2,1-6H3/t10-/m0/s1. The zero-order valence-corrected chi connectivity index (χ0v) is 10.5. The molecule has 0 amide bonds. The Morgan fingerprint density at radius 1 is 1.29 bits per heavy atom. The molecule has 2 nitrogen and oxygen atoms in total. The molecule has 0 heterocycles. The molecule has 0 spiro atoms. The molecular formula is C12H25NO. The minimum atomic E-state index is 0.0182. The zero-order chi connectivity index (χ0) is 11.4. The van der Waals surface area contributed by atoms with Gasteiger partial charge in [0.05, 0.1) is 6.04 Å². The van der Waals surface area contributed by atoms with Crippen molar-refractivity contribution in [3.63, 3.8) is 0 Å². The van der Waals surface area contributed by atoms with Crippen LogP contribution in [0, 0.1) is 5.92 Å². The summed E-state index contributed by atoms with van der Waals surface area (Å²) < 4.78 is 0. The summed E-state index contributed by atoms with van der Waals surface area (Å²) in [5, 5.41) is 3.39.